The van der Waals surface area contributed by atoms with Crippen molar-refractivity contribution in [2.75, 3.05) is 26.3 Å². The van der Waals surface area contributed by atoms with Crippen LogP contribution in [0.1, 0.15) is 50.2 Å². The molecule has 1 aromatic carbocycles. The molecule has 0 aromatic heterocycles. The number of likely N-dealkylation sites (tertiary alicyclic amines) is 1. The Morgan fingerprint density at radius 2 is 1.88 bits per heavy atom. The number of rotatable bonds is 6. The summed E-state index contributed by atoms with van der Waals surface area (Å²) in [5, 5.41) is 0. The molecule has 0 radical (unpaired) electrons. The first-order valence-corrected chi connectivity index (χ1v) is 9.21. The van der Waals surface area contributed by atoms with E-state index in [2.05, 4.69) is 31.2 Å². The molecule has 0 bridgehead atoms. The maximum absolute atomic E-state index is 12.5. The Bertz CT molecular complexity index is 570. The van der Waals surface area contributed by atoms with E-state index in [0.717, 1.165) is 24.8 Å². The lowest BCUT2D eigenvalue weighted by Gasteiger charge is -2.37. The van der Waals surface area contributed by atoms with Gasteiger partial charge in [-0.05, 0) is 32.3 Å². The lowest BCUT2D eigenvalue weighted by molar-refractivity contribution is -0.150. The van der Waals surface area contributed by atoms with Crippen molar-refractivity contribution in [3.8, 4) is 0 Å². The molecular formula is C20H29NO4. The molecule has 0 spiro atoms. The Morgan fingerprint density at radius 1 is 1.16 bits per heavy atom. The Labute approximate surface area is 150 Å². The van der Waals surface area contributed by atoms with Gasteiger partial charge in [0.1, 0.15) is 0 Å². The second kappa shape index (κ2) is 9.44. The van der Waals surface area contributed by atoms with Crippen LogP contribution in [-0.2, 0) is 14.3 Å². The van der Waals surface area contributed by atoms with Crippen molar-refractivity contribution in [3.05, 3.63) is 35.4 Å². The van der Waals surface area contributed by atoms with Crippen LogP contribution in [0.3, 0.4) is 0 Å². The van der Waals surface area contributed by atoms with Crippen LogP contribution in [0.25, 0.3) is 0 Å². The van der Waals surface area contributed by atoms with E-state index < -0.39 is 0 Å². The van der Waals surface area contributed by atoms with Crippen molar-refractivity contribution in [1.29, 1.82) is 0 Å². The third-order valence-corrected chi connectivity index (χ3v) is 4.69. The number of hydrogen-bond donors (Lipinski definition) is 0. The summed E-state index contributed by atoms with van der Waals surface area (Å²) in [5.74, 6) is -0.520. The second-order valence-corrected chi connectivity index (χ2v) is 6.58. The number of ether oxygens (including phenoxy) is 2. The molecule has 1 aliphatic heterocycles. The van der Waals surface area contributed by atoms with Gasteiger partial charge in [0, 0.05) is 19.0 Å². The number of nitrogens with zero attached hydrogens (tertiary/aromatic N) is 1. The number of carbonyl (C=O) groups excluding carboxylic acids is 2. The molecule has 0 N–H and O–H groups in total. The van der Waals surface area contributed by atoms with Gasteiger partial charge < -0.3 is 14.4 Å². The van der Waals surface area contributed by atoms with Crippen LogP contribution in [0.2, 0.25) is 0 Å². The van der Waals surface area contributed by atoms with Crippen molar-refractivity contribution in [2.45, 2.75) is 46.0 Å². The third kappa shape index (κ3) is 5.21. The number of aryl methyl sites for hydroxylation is 1. The van der Waals surface area contributed by atoms with E-state index in [9.17, 15) is 9.59 Å². The van der Waals surface area contributed by atoms with E-state index >= 15 is 0 Å². The van der Waals surface area contributed by atoms with E-state index in [-0.39, 0.29) is 23.9 Å². The van der Waals surface area contributed by atoms with E-state index in [1.807, 2.05) is 6.92 Å². The molecule has 2 unspecified atom stereocenters. The molecule has 0 aliphatic carbocycles. The van der Waals surface area contributed by atoms with E-state index in [1.54, 1.807) is 11.8 Å². The summed E-state index contributed by atoms with van der Waals surface area (Å²) in [6.07, 6.45) is 2.24. The fourth-order valence-electron chi connectivity index (χ4n) is 3.21. The third-order valence-electron chi connectivity index (χ3n) is 4.69. The van der Waals surface area contributed by atoms with Gasteiger partial charge in [-0.3, -0.25) is 4.79 Å². The van der Waals surface area contributed by atoms with Crippen molar-refractivity contribution >= 4 is 12.1 Å². The summed E-state index contributed by atoms with van der Waals surface area (Å²) in [6, 6.07) is 8.26. The van der Waals surface area contributed by atoms with Gasteiger partial charge in [0.2, 0.25) is 0 Å². The highest BCUT2D eigenvalue weighted by Gasteiger charge is 2.38. The summed E-state index contributed by atoms with van der Waals surface area (Å²) >= 11 is 0. The van der Waals surface area contributed by atoms with Crippen LogP contribution in [-0.4, -0.2) is 43.3 Å². The van der Waals surface area contributed by atoms with Crippen molar-refractivity contribution < 1.29 is 19.1 Å². The molecule has 1 amide bonds. The summed E-state index contributed by atoms with van der Waals surface area (Å²) < 4.78 is 10.6. The van der Waals surface area contributed by atoms with Crippen molar-refractivity contribution in [2.24, 2.45) is 5.92 Å². The predicted molar refractivity (Wildman–Crippen MR) is 96.5 cm³/mol. The smallest absolute Gasteiger partial charge is 0.409 e. The summed E-state index contributed by atoms with van der Waals surface area (Å²) in [5.41, 5.74) is 2.32. The van der Waals surface area contributed by atoms with Gasteiger partial charge in [-0.15, -0.1) is 0 Å². The van der Waals surface area contributed by atoms with Gasteiger partial charge in [0.25, 0.3) is 0 Å². The highest BCUT2D eigenvalue weighted by Crippen LogP contribution is 2.34. The summed E-state index contributed by atoms with van der Waals surface area (Å²) in [6.45, 7) is 7.62. The van der Waals surface area contributed by atoms with Gasteiger partial charge in [0.15, 0.2) is 0 Å². The van der Waals surface area contributed by atoms with Crippen LogP contribution in [0.15, 0.2) is 24.3 Å². The van der Waals surface area contributed by atoms with Gasteiger partial charge in [-0.1, -0.05) is 43.2 Å². The highest BCUT2D eigenvalue weighted by molar-refractivity contribution is 5.76. The van der Waals surface area contributed by atoms with Crippen molar-refractivity contribution in [1.82, 2.24) is 4.90 Å². The topological polar surface area (TPSA) is 55.8 Å². The Morgan fingerprint density at radius 3 is 2.52 bits per heavy atom. The van der Waals surface area contributed by atoms with Crippen LogP contribution < -0.4 is 0 Å². The van der Waals surface area contributed by atoms with Gasteiger partial charge in [0.05, 0.1) is 19.1 Å². The average molecular weight is 347 g/mol. The molecule has 1 saturated heterocycles. The predicted octanol–water partition coefficient (Wildman–Crippen LogP) is 3.90. The van der Waals surface area contributed by atoms with E-state index in [1.165, 1.54) is 5.56 Å². The molecule has 1 aliphatic rings. The quantitative estimate of drug-likeness (QED) is 0.578. The molecule has 5 nitrogen and oxygen atoms in total. The molecule has 2 rings (SSSR count). The SMILES string of the molecule is CCCCOC(=O)N1CCC(c2ccc(C)cc2)C(C(=O)OCC)C1. The molecule has 5 heteroatoms. The number of esters is 1. The maximum Gasteiger partial charge on any atom is 0.409 e. The Hall–Kier alpha value is -2.04. The van der Waals surface area contributed by atoms with Gasteiger partial charge in [-0.2, -0.15) is 0 Å². The standard InChI is InChI=1S/C20H29NO4/c1-4-6-13-25-20(23)21-12-11-17(16-9-7-15(3)8-10-16)18(14-21)19(22)24-5-2/h7-10,17-18H,4-6,11-14H2,1-3H3. The highest BCUT2D eigenvalue weighted by atomic mass is 16.6. The Kier molecular flexibility index (Phi) is 7.29. The minimum atomic E-state index is -0.352. The minimum Gasteiger partial charge on any atom is -0.466 e. The van der Waals surface area contributed by atoms with Crippen LogP contribution in [0, 0.1) is 12.8 Å². The summed E-state index contributed by atoms with van der Waals surface area (Å²) in [7, 11) is 0. The first kappa shape index (κ1) is 19.3. The number of piperidine rings is 1. The molecule has 1 fully saturated rings. The molecule has 2 atom stereocenters. The zero-order chi connectivity index (χ0) is 18.2. The first-order chi connectivity index (χ1) is 12.1. The second-order valence-electron chi connectivity index (χ2n) is 6.58. The fraction of sp³-hybridized carbons (Fsp3) is 0.600. The fourth-order valence-corrected chi connectivity index (χ4v) is 3.21. The van der Waals surface area contributed by atoms with Gasteiger partial charge >= 0.3 is 12.1 Å². The van der Waals surface area contributed by atoms with Crippen LogP contribution in [0.5, 0.6) is 0 Å². The van der Waals surface area contributed by atoms with Crippen LogP contribution >= 0.6 is 0 Å². The average Bonchev–Trinajstić information content (AvgIpc) is 2.62. The number of benzene rings is 1. The first-order valence-electron chi connectivity index (χ1n) is 9.21. The largest absolute Gasteiger partial charge is 0.466 e. The number of carbonyl (C=O) groups is 2. The molecule has 1 aromatic rings. The summed E-state index contributed by atoms with van der Waals surface area (Å²) in [4.78, 5) is 26.4. The van der Waals surface area contributed by atoms with E-state index in [4.69, 9.17) is 9.47 Å². The Balaban J connectivity index is 2.10. The normalized spacial score (nSPS) is 20.2. The minimum absolute atomic E-state index is 0.0688. The number of unbranched alkanes of at least 4 members (excludes halogenated alkanes) is 1. The zero-order valence-corrected chi connectivity index (χ0v) is 15.5. The molecule has 25 heavy (non-hydrogen) atoms. The van der Waals surface area contributed by atoms with E-state index in [0.29, 0.717) is 26.3 Å². The number of amides is 1. The van der Waals surface area contributed by atoms with Crippen LogP contribution in [0.4, 0.5) is 4.79 Å². The molecule has 0 saturated carbocycles. The lowest BCUT2D eigenvalue weighted by atomic mass is 9.80. The zero-order valence-electron chi connectivity index (χ0n) is 15.5. The van der Waals surface area contributed by atoms with Gasteiger partial charge in [-0.25, -0.2) is 4.79 Å². The number of hydrogen-bond acceptors (Lipinski definition) is 4. The lowest BCUT2D eigenvalue weighted by Crippen LogP contribution is -2.46. The maximum atomic E-state index is 12.5. The molecule has 138 valence electrons. The molecule has 1 heterocycles. The monoisotopic (exact) mass is 347 g/mol. The molecular weight excluding hydrogens is 318 g/mol. The van der Waals surface area contributed by atoms with Crippen molar-refractivity contribution in [3.63, 3.8) is 0 Å².